The van der Waals surface area contributed by atoms with Crippen molar-refractivity contribution in [3.8, 4) is 5.75 Å². The zero-order chi connectivity index (χ0) is 20.1. The molecule has 2 aromatic carbocycles. The Morgan fingerprint density at radius 3 is 3.00 bits per heavy atom. The average Bonchev–Trinajstić information content (AvgIpc) is 3.25. The van der Waals surface area contributed by atoms with Crippen LogP contribution in [0.15, 0.2) is 41.4 Å². The zero-order valence-electron chi connectivity index (χ0n) is 17.2. The maximum atomic E-state index is 6.22. The molecule has 2 aliphatic rings. The van der Waals surface area contributed by atoms with E-state index in [1.54, 1.807) is 0 Å². The van der Waals surface area contributed by atoms with Crippen LogP contribution in [-0.2, 0) is 24.1 Å². The maximum absolute atomic E-state index is 6.22. The van der Waals surface area contributed by atoms with Crippen LogP contribution in [0.4, 0.5) is 5.69 Å². The summed E-state index contributed by atoms with van der Waals surface area (Å²) in [6.45, 7) is 4.88. The molecule has 29 heavy (non-hydrogen) atoms. The van der Waals surface area contributed by atoms with Gasteiger partial charge in [0.1, 0.15) is 5.75 Å². The number of nitrogens with one attached hydrogen (secondary N) is 1. The largest absolute Gasteiger partial charge is 0.493 e. The quantitative estimate of drug-likeness (QED) is 0.570. The Hall–Kier alpha value is -2.53. The number of hydrogen-bond donors (Lipinski definition) is 2. The lowest BCUT2D eigenvalue weighted by Gasteiger charge is -2.20. The molecule has 0 radical (unpaired) electrons. The van der Waals surface area contributed by atoms with Crippen LogP contribution in [-0.4, -0.2) is 25.8 Å². The van der Waals surface area contributed by atoms with Gasteiger partial charge in [-0.1, -0.05) is 24.3 Å². The summed E-state index contributed by atoms with van der Waals surface area (Å²) in [5.74, 6) is 1.81. The Morgan fingerprint density at radius 2 is 2.14 bits per heavy atom. The minimum absolute atomic E-state index is 0.444. The molecular weight excluding hydrogens is 362 g/mol. The van der Waals surface area contributed by atoms with Gasteiger partial charge in [-0.05, 0) is 67.9 Å². The predicted octanol–water partition coefficient (Wildman–Crippen LogP) is 4.22. The zero-order valence-corrected chi connectivity index (χ0v) is 17.2. The number of aryl methyl sites for hydroxylation is 2. The summed E-state index contributed by atoms with van der Waals surface area (Å²) in [6, 6.07) is 12.7. The van der Waals surface area contributed by atoms with Crippen molar-refractivity contribution in [1.82, 2.24) is 0 Å². The summed E-state index contributed by atoms with van der Waals surface area (Å²) in [6.07, 6.45) is 5.82. The van der Waals surface area contributed by atoms with E-state index in [1.807, 2.05) is 0 Å². The van der Waals surface area contributed by atoms with E-state index < -0.39 is 0 Å². The SMILES string of the molecule is Cc1ccc(CN=C(N)Nc2cccc3c2CCCC3)c(OCC2CCOC2)c1. The molecule has 1 unspecified atom stereocenters. The van der Waals surface area contributed by atoms with Crippen molar-refractivity contribution in [2.75, 3.05) is 25.1 Å². The van der Waals surface area contributed by atoms with Gasteiger partial charge in [0, 0.05) is 23.8 Å². The lowest BCUT2D eigenvalue weighted by atomic mass is 9.90. The van der Waals surface area contributed by atoms with Gasteiger partial charge in [0.2, 0.25) is 0 Å². The number of benzene rings is 2. The topological polar surface area (TPSA) is 68.9 Å². The number of fused-ring (bicyclic) bond motifs is 1. The second kappa shape index (κ2) is 9.31. The summed E-state index contributed by atoms with van der Waals surface area (Å²) < 4.78 is 11.6. The van der Waals surface area contributed by atoms with Crippen molar-refractivity contribution in [3.05, 3.63) is 58.7 Å². The van der Waals surface area contributed by atoms with E-state index in [1.165, 1.54) is 29.5 Å². The van der Waals surface area contributed by atoms with Gasteiger partial charge in [0.15, 0.2) is 5.96 Å². The fourth-order valence-corrected chi connectivity index (χ4v) is 4.10. The number of anilines is 1. The van der Waals surface area contributed by atoms with Gasteiger partial charge in [-0.25, -0.2) is 4.99 Å². The Kier molecular flexibility index (Phi) is 6.35. The van der Waals surface area contributed by atoms with Crippen LogP contribution >= 0.6 is 0 Å². The molecule has 5 nitrogen and oxygen atoms in total. The number of guanidine groups is 1. The van der Waals surface area contributed by atoms with Gasteiger partial charge in [0.25, 0.3) is 0 Å². The molecule has 4 rings (SSSR count). The highest BCUT2D eigenvalue weighted by Crippen LogP contribution is 2.28. The van der Waals surface area contributed by atoms with Gasteiger partial charge in [-0.3, -0.25) is 0 Å². The van der Waals surface area contributed by atoms with Crippen LogP contribution in [0.1, 0.15) is 41.5 Å². The van der Waals surface area contributed by atoms with E-state index in [0.29, 0.717) is 25.0 Å². The number of nitrogens with zero attached hydrogens (tertiary/aromatic N) is 1. The second-order valence-electron chi connectivity index (χ2n) is 8.13. The Labute approximate surface area is 173 Å². The minimum atomic E-state index is 0.444. The highest BCUT2D eigenvalue weighted by atomic mass is 16.5. The van der Waals surface area contributed by atoms with Gasteiger partial charge < -0.3 is 20.5 Å². The third kappa shape index (κ3) is 5.10. The van der Waals surface area contributed by atoms with E-state index in [4.69, 9.17) is 15.2 Å². The Morgan fingerprint density at radius 1 is 1.24 bits per heavy atom. The van der Waals surface area contributed by atoms with Crippen LogP contribution in [0.25, 0.3) is 0 Å². The number of hydrogen-bond acceptors (Lipinski definition) is 3. The highest BCUT2D eigenvalue weighted by Gasteiger charge is 2.17. The molecule has 0 bridgehead atoms. The number of ether oxygens (including phenoxy) is 2. The molecule has 1 atom stereocenters. The first-order valence-corrected chi connectivity index (χ1v) is 10.7. The highest BCUT2D eigenvalue weighted by molar-refractivity contribution is 5.93. The van der Waals surface area contributed by atoms with Crippen molar-refractivity contribution in [3.63, 3.8) is 0 Å². The standard InChI is InChI=1S/C24H31N3O2/c1-17-9-10-20(23(13-17)29-16-18-11-12-28-15-18)14-26-24(25)27-22-8-4-6-19-5-2-3-7-21(19)22/h4,6,8-10,13,18H,2-3,5,7,11-12,14-16H2,1H3,(H3,25,26,27). The Balaban J connectivity index is 1.43. The molecule has 1 aliphatic heterocycles. The first-order chi connectivity index (χ1) is 14.2. The van der Waals surface area contributed by atoms with E-state index in [-0.39, 0.29) is 0 Å². The van der Waals surface area contributed by atoms with Gasteiger partial charge in [0.05, 0.1) is 19.8 Å². The summed E-state index contributed by atoms with van der Waals surface area (Å²) in [5.41, 5.74) is 12.4. The fraction of sp³-hybridized carbons (Fsp3) is 0.458. The van der Waals surface area contributed by atoms with Crippen molar-refractivity contribution in [2.24, 2.45) is 16.6 Å². The van der Waals surface area contributed by atoms with Gasteiger partial charge >= 0.3 is 0 Å². The molecule has 0 saturated carbocycles. The smallest absolute Gasteiger partial charge is 0.193 e. The van der Waals surface area contributed by atoms with Crippen molar-refractivity contribution >= 4 is 11.6 Å². The summed E-state index contributed by atoms with van der Waals surface area (Å²) >= 11 is 0. The molecule has 5 heteroatoms. The summed E-state index contributed by atoms with van der Waals surface area (Å²) in [4.78, 5) is 4.59. The molecule has 1 fully saturated rings. The molecule has 1 heterocycles. The number of rotatable bonds is 6. The Bertz CT molecular complexity index is 872. The third-order valence-electron chi connectivity index (χ3n) is 5.80. The molecule has 0 amide bonds. The van der Waals surface area contributed by atoms with Crippen molar-refractivity contribution in [2.45, 2.75) is 45.6 Å². The first-order valence-electron chi connectivity index (χ1n) is 10.7. The van der Waals surface area contributed by atoms with Crippen molar-refractivity contribution in [1.29, 1.82) is 0 Å². The molecule has 154 valence electrons. The van der Waals surface area contributed by atoms with E-state index in [2.05, 4.69) is 53.6 Å². The number of aliphatic imine (C=N–C) groups is 1. The number of nitrogens with two attached hydrogens (primary N) is 1. The normalized spacial score (nSPS) is 19.1. The van der Waals surface area contributed by atoms with Crippen LogP contribution in [0.5, 0.6) is 5.75 Å². The molecule has 0 aromatic heterocycles. The molecule has 1 aliphatic carbocycles. The van der Waals surface area contributed by atoms with E-state index >= 15 is 0 Å². The third-order valence-corrected chi connectivity index (χ3v) is 5.80. The van der Waals surface area contributed by atoms with Crippen LogP contribution in [0.3, 0.4) is 0 Å². The molecule has 1 saturated heterocycles. The molecule has 2 aromatic rings. The average molecular weight is 394 g/mol. The lowest BCUT2D eigenvalue weighted by molar-refractivity contribution is 0.166. The van der Waals surface area contributed by atoms with E-state index in [9.17, 15) is 0 Å². The lowest BCUT2D eigenvalue weighted by Crippen LogP contribution is -2.24. The molecule has 0 spiro atoms. The van der Waals surface area contributed by atoms with Gasteiger partial charge in [-0.15, -0.1) is 0 Å². The minimum Gasteiger partial charge on any atom is -0.493 e. The van der Waals surface area contributed by atoms with Crippen LogP contribution < -0.4 is 15.8 Å². The first kappa shape index (κ1) is 19.8. The molecule has 3 N–H and O–H groups in total. The predicted molar refractivity (Wildman–Crippen MR) is 118 cm³/mol. The van der Waals surface area contributed by atoms with Gasteiger partial charge in [-0.2, -0.15) is 0 Å². The van der Waals surface area contributed by atoms with Crippen LogP contribution in [0, 0.1) is 12.8 Å². The van der Waals surface area contributed by atoms with E-state index in [0.717, 1.165) is 49.5 Å². The second-order valence-corrected chi connectivity index (χ2v) is 8.13. The van der Waals surface area contributed by atoms with Crippen molar-refractivity contribution < 1.29 is 9.47 Å². The molecular formula is C24H31N3O2. The monoisotopic (exact) mass is 393 g/mol. The summed E-state index contributed by atoms with van der Waals surface area (Å²) in [5, 5.41) is 3.32. The fourth-order valence-electron chi connectivity index (χ4n) is 4.10. The van der Waals surface area contributed by atoms with Crippen LogP contribution in [0.2, 0.25) is 0 Å². The summed E-state index contributed by atoms with van der Waals surface area (Å²) in [7, 11) is 0. The maximum Gasteiger partial charge on any atom is 0.193 e.